The molecule has 3 nitrogen and oxygen atoms in total. The molecule has 0 aromatic heterocycles. The predicted octanol–water partition coefficient (Wildman–Crippen LogP) is 2.73. The van der Waals surface area contributed by atoms with Gasteiger partial charge in [-0.1, -0.05) is 13.3 Å². The van der Waals surface area contributed by atoms with Crippen molar-refractivity contribution in [2.24, 2.45) is 0 Å². The van der Waals surface area contributed by atoms with Crippen LogP contribution in [0.25, 0.3) is 0 Å². The molecule has 0 fully saturated rings. The smallest absolute Gasteiger partial charge is 0.156 e. The fourth-order valence-corrected chi connectivity index (χ4v) is 1.17. The summed E-state index contributed by atoms with van der Waals surface area (Å²) >= 11 is 1.10. The molecule has 0 aliphatic rings. The highest BCUT2D eigenvalue weighted by molar-refractivity contribution is 8.04. The van der Waals surface area contributed by atoms with Crippen LogP contribution in [0.15, 0.2) is 0 Å². The Morgan fingerprint density at radius 1 is 1.46 bits per heavy atom. The lowest BCUT2D eigenvalue weighted by atomic mass is 10.4. The summed E-state index contributed by atoms with van der Waals surface area (Å²) in [5, 5.41) is 10.3. The number of rotatable bonds is 7. The maximum Gasteiger partial charge on any atom is 0.156 e. The fourth-order valence-electron chi connectivity index (χ4n) is 0.805. The first-order valence-electron chi connectivity index (χ1n) is 4.52. The topological polar surface area (TPSA) is 42.2 Å². The molecule has 2 atom stereocenters. The number of thioether (sulfide) groups is 1. The van der Waals surface area contributed by atoms with E-state index in [0.717, 1.165) is 31.2 Å². The Kier molecular flexibility index (Phi) is 8.21. The first kappa shape index (κ1) is 12.8. The average Bonchev–Trinajstić information content (AvgIpc) is 2.05. The molecule has 0 heterocycles. The zero-order valence-corrected chi connectivity index (χ0v) is 9.26. The van der Waals surface area contributed by atoms with E-state index >= 15 is 0 Å². The van der Waals surface area contributed by atoms with Gasteiger partial charge in [-0.15, -0.1) is 0 Å². The molecule has 4 heteroatoms. The van der Waals surface area contributed by atoms with Gasteiger partial charge in [-0.05, 0) is 32.0 Å². The Bertz CT molecular complexity index is 158. The van der Waals surface area contributed by atoms with Gasteiger partial charge in [0.05, 0.1) is 0 Å². The van der Waals surface area contributed by atoms with Crippen molar-refractivity contribution in [3.8, 4) is 5.40 Å². The van der Waals surface area contributed by atoms with Crippen molar-refractivity contribution in [2.45, 2.75) is 45.3 Å². The van der Waals surface area contributed by atoms with Gasteiger partial charge < -0.3 is 9.47 Å². The molecule has 0 aromatic rings. The minimum absolute atomic E-state index is 0.123. The lowest BCUT2D eigenvalue weighted by Gasteiger charge is -2.16. The lowest BCUT2D eigenvalue weighted by Crippen LogP contribution is -2.18. The Morgan fingerprint density at radius 2 is 2.15 bits per heavy atom. The standard InChI is InChI=1S/C9H17NO2S/c1-4-5-6-11-8(2)12-9(3)13-7-10/h8-9H,4-6H2,1-3H3. The van der Waals surface area contributed by atoms with Crippen LogP contribution in [0.3, 0.4) is 0 Å². The van der Waals surface area contributed by atoms with Crippen molar-refractivity contribution >= 4 is 11.8 Å². The Balaban J connectivity index is 3.39. The first-order valence-corrected chi connectivity index (χ1v) is 5.40. The van der Waals surface area contributed by atoms with Crippen LogP contribution in [0, 0.1) is 10.7 Å². The largest absolute Gasteiger partial charge is 0.353 e. The molecule has 0 aliphatic carbocycles. The van der Waals surface area contributed by atoms with Crippen molar-refractivity contribution in [3.63, 3.8) is 0 Å². The Morgan fingerprint density at radius 3 is 2.69 bits per heavy atom. The van der Waals surface area contributed by atoms with Gasteiger partial charge in [0.15, 0.2) is 6.29 Å². The van der Waals surface area contributed by atoms with Crippen LogP contribution < -0.4 is 0 Å². The molecular formula is C9H17NO2S. The average molecular weight is 203 g/mol. The SMILES string of the molecule is CCCCOC(C)OC(C)SC#N. The molecule has 0 amide bonds. The van der Waals surface area contributed by atoms with E-state index < -0.39 is 0 Å². The number of nitriles is 1. The van der Waals surface area contributed by atoms with Gasteiger partial charge >= 0.3 is 0 Å². The zero-order valence-electron chi connectivity index (χ0n) is 8.45. The van der Waals surface area contributed by atoms with Gasteiger partial charge in [-0.25, -0.2) is 0 Å². The normalized spacial score (nSPS) is 14.9. The van der Waals surface area contributed by atoms with E-state index in [1.165, 1.54) is 0 Å². The minimum Gasteiger partial charge on any atom is -0.353 e. The van der Waals surface area contributed by atoms with Gasteiger partial charge in [-0.3, -0.25) is 0 Å². The van der Waals surface area contributed by atoms with Crippen molar-refractivity contribution in [2.75, 3.05) is 6.61 Å². The number of ether oxygens (including phenoxy) is 2. The van der Waals surface area contributed by atoms with E-state index in [4.69, 9.17) is 14.7 Å². The first-order chi connectivity index (χ1) is 6.20. The highest BCUT2D eigenvalue weighted by atomic mass is 32.2. The summed E-state index contributed by atoms with van der Waals surface area (Å²) in [6.45, 7) is 6.53. The third-order valence-electron chi connectivity index (χ3n) is 1.45. The van der Waals surface area contributed by atoms with Gasteiger partial charge in [0.1, 0.15) is 10.8 Å². The van der Waals surface area contributed by atoms with Crippen LogP contribution in [0.1, 0.15) is 33.6 Å². The maximum absolute atomic E-state index is 8.36. The monoisotopic (exact) mass is 203 g/mol. The van der Waals surface area contributed by atoms with Crippen molar-refractivity contribution < 1.29 is 9.47 Å². The second-order valence-corrected chi connectivity index (χ2v) is 3.79. The Labute approximate surface area is 84.4 Å². The van der Waals surface area contributed by atoms with Crippen molar-refractivity contribution in [3.05, 3.63) is 0 Å². The Hall–Kier alpha value is -0.240. The molecule has 0 aliphatic heterocycles. The molecule has 0 aromatic carbocycles. The zero-order chi connectivity index (χ0) is 10.1. The number of unbranched alkanes of at least 4 members (excludes halogenated alkanes) is 1. The summed E-state index contributed by atoms with van der Waals surface area (Å²) in [6, 6.07) is 0. The number of nitrogens with zero attached hydrogens (tertiary/aromatic N) is 1. The third-order valence-corrected chi connectivity index (χ3v) is 2.00. The molecule has 0 saturated heterocycles. The molecule has 76 valence electrons. The summed E-state index contributed by atoms with van der Waals surface area (Å²) < 4.78 is 10.7. The molecule has 0 bridgehead atoms. The van der Waals surface area contributed by atoms with Gasteiger partial charge in [-0.2, -0.15) is 5.26 Å². The minimum atomic E-state index is -0.220. The predicted molar refractivity (Wildman–Crippen MR) is 54.1 cm³/mol. The fraction of sp³-hybridized carbons (Fsp3) is 0.889. The van der Waals surface area contributed by atoms with Gasteiger partial charge in [0, 0.05) is 6.61 Å². The molecule has 2 unspecified atom stereocenters. The second-order valence-electron chi connectivity index (χ2n) is 2.70. The summed E-state index contributed by atoms with van der Waals surface area (Å²) in [5.41, 5.74) is -0.123. The van der Waals surface area contributed by atoms with Crippen LogP contribution in [-0.2, 0) is 9.47 Å². The van der Waals surface area contributed by atoms with Crippen molar-refractivity contribution in [1.82, 2.24) is 0 Å². The lowest BCUT2D eigenvalue weighted by molar-refractivity contribution is -0.135. The van der Waals surface area contributed by atoms with E-state index in [9.17, 15) is 0 Å². The maximum atomic E-state index is 8.36. The quantitative estimate of drug-likeness (QED) is 0.362. The summed E-state index contributed by atoms with van der Waals surface area (Å²) in [5.74, 6) is 0. The van der Waals surface area contributed by atoms with E-state index in [-0.39, 0.29) is 11.7 Å². The summed E-state index contributed by atoms with van der Waals surface area (Å²) in [4.78, 5) is 0. The van der Waals surface area contributed by atoms with Crippen LogP contribution in [0.5, 0.6) is 0 Å². The summed E-state index contributed by atoms with van der Waals surface area (Å²) in [7, 11) is 0. The van der Waals surface area contributed by atoms with Crippen LogP contribution in [0.2, 0.25) is 0 Å². The number of thiocyanates is 1. The number of hydrogen-bond acceptors (Lipinski definition) is 4. The second kappa shape index (κ2) is 8.36. The van der Waals surface area contributed by atoms with Gasteiger partial charge in [0.25, 0.3) is 0 Å². The van der Waals surface area contributed by atoms with Crippen LogP contribution in [-0.4, -0.2) is 18.3 Å². The molecule has 0 rings (SSSR count). The number of hydrogen-bond donors (Lipinski definition) is 0. The highest BCUT2D eigenvalue weighted by Crippen LogP contribution is 2.12. The van der Waals surface area contributed by atoms with Crippen LogP contribution >= 0.6 is 11.8 Å². The molecule has 0 spiro atoms. The molecule has 0 radical (unpaired) electrons. The third kappa shape index (κ3) is 8.10. The van der Waals surface area contributed by atoms with E-state index in [0.29, 0.717) is 0 Å². The highest BCUT2D eigenvalue weighted by Gasteiger charge is 2.08. The van der Waals surface area contributed by atoms with Crippen molar-refractivity contribution in [1.29, 1.82) is 5.26 Å². The molecule has 0 saturated carbocycles. The van der Waals surface area contributed by atoms with Crippen LogP contribution in [0.4, 0.5) is 0 Å². The van der Waals surface area contributed by atoms with E-state index in [2.05, 4.69) is 6.92 Å². The molecular weight excluding hydrogens is 186 g/mol. The summed E-state index contributed by atoms with van der Waals surface area (Å²) in [6.07, 6.45) is 1.95. The molecule has 13 heavy (non-hydrogen) atoms. The molecule has 0 N–H and O–H groups in total. The van der Waals surface area contributed by atoms with E-state index in [1.54, 1.807) is 0 Å². The van der Waals surface area contributed by atoms with Gasteiger partial charge in [0.2, 0.25) is 0 Å². The van der Waals surface area contributed by atoms with E-state index in [1.807, 2.05) is 19.2 Å².